The fraction of sp³-hybridized carbons (Fsp3) is 0.0625. The van der Waals surface area contributed by atoms with Crippen molar-refractivity contribution < 1.29 is 13.2 Å². The molecule has 104 valence electrons. The molecule has 0 bridgehead atoms. The van der Waals surface area contributed by atoms with Gasteiger partial charge in [0.15, 0.2) is 0 Å². The Kier molecular flexibility index (Phi) is 2.77. The molecule has 0 fully saturated rings. The number of alkyl halides is 3. The van der Waals surface area contributed by atoms with E-state index in [2.05, 4.69) is 0 Å². The van der Waals surface area contributed by atoms with Gasteiger partial charge in [0.05, 0.1) is 16.8 Å². The smallest absolute Gasteiger partial charge is 0.397 e. The molecule has 2 N–H and O–H groups in total. The quantitative estimate of drug-likeness (QED) is 0.490. The van der Waals surface area contributed by atoms with Crippen molar-refractivity contribution in [2.45, 2.75) is 6.18 Å². The second kappa shape index (κ2) is 4.38. The highest BCUT2D eigenvalue weighted by atomic mass is 19.4. The summed E-state index contributed by atoms with van der Waals surface area (Å²) in [7, 11) is 0. The van der Waals surface area contributed by atoms with Gasteiger partial charge < -0.3 is 5.73 Å². The van der Waals surface area contributed by atoms with E-state index >= 15 is 0 Å². The number of nitrogens with two attached hydrogens (primary N) is 1. The van der Waals surface area contributed by atoms with Gasteiger partial charge in [-0.1, -0.05) is 30.3 Å². The number of hydrogen-bond acceptors (Lipinski definition) is 2. The van der Waals surface area contributed by atoms with Crippen LogP contribution in [0.4, 0.5) is 18.9 Å². The zero-order valence-electron chi connectivity index (χ0n) is 10.7. The molecule has 0 aromatic heterocycles. The summed E-state index contributed by atoms with van der Waals surface area (Å²) in [6.07, 6.45) is -4.42. The summed E-state index contributed by atoms with van der Waals surface area (Å²) >= 11 is 0. The molecule has 0 aliphatic rings. The lowest BCUT2D eigenvalue weighted by molar-refractivity contribution is -0.137. The summed E-state index contributed by atoms with van der Waals surface area (Å²) in [4.78, 5) is 0. The van der Waals surface area contributed by atoms with Crippen molar-refractivity contribution in [1.29, 1.82) is 5.26 Å². The lowest BCUT2D eigenvalue weighted by atomic mass is 9.94. The van der Waals surface area contributed by atoms with E-state index in [0.29, 0.717) is 21.5 Å². The van der Waals surface area contributed by atoms with Gasteiger partial charge in [0.25, 0.3) is 0 Å². The summed E-state index contributed by atoms with van der Waals surface area (Å²) < 4.78 is 38.6. The molecule has 0 spiro atoms. The first-order chi connectivity index (χ1) is 9.93. The van der Waals surface area contributed by atoms with E-state index in [0.717, 1.165) is 12.1 Å². The normalized spacial score (nSPS) is 11.7. The van der Waals surface area contributed by atoms with E-state index in [1.54, 1.807) is 24.3 Å². The first-order valence-corrected chi connectivity index (χ1v) is 6.14. The van der Waals surface area contributed by atoms with Crippen molar-refractivity contribution in [3.05, 3.63) is 53.6 Å². The van der Waals surface area contributed by atoms with Crippen LogP contribution >= 0.6 is 0 Å². The molecule has 0 aliphatic carbocycles. The number of fused-ring (bicyclic) bond motifs is 3. The molecule has 0 unspecified atom stereocenters. The number of hydrogen-bond donors (Lipinski definition) is 1. The number of benzene rings is 3. The highest BCUT2D eigenvalue weighted by molar-refractivity contribution is 6.15. The molecule has 3 aromatic carbocycles. The van der Waals surface area contributed by atoms with Crippen LogP contribution in [0.15, 0.2) is 42.5 Å². The maximum atomic E-state index is 12.9. The van der Waals surface area contributed by atoms with Crippen molar-refractivity contribution in [2.75, 3.05) is 5.73 Å². The second-order valence-corrected chi connectivity index (χ2v) is 4.70. The van der Waals surface area contributed by atoms with Crippen LogP contribution in [0.2, 0.25) is 0 Å². The summed E-state index contributed by atoms with van der Waals surface area (Å²) in [5.41, 5.74) is 5.72. The molecule has 0 atom stereocenters. The van der Waals surface area contributed by atoms with Crippen molar-refractivity contribution in [3.8, 4) is 6.07 Å². The number of nitrogen functional groups attached to an aromatic ring is 1. The number of nitriles is 1. The van der Waals surface area contributed by atoms with E-state index in [1.807, 2.05) is 6.07 Å². The third-order valence-electron chi connectivity index (χ3n) is 3.50. The summed E-state index contributed by atoms with van der Waals surface area (Å²) in [5.74, 6) is 0. The molecule has 0 aliphatic heterocycles. The molecule has 21 heavy (non-hydrogen) atoms. The van der Waals surface area contributed by atoms with E-state index < -0.39 is 11.7 Å². The standard InChI is InChI=1S/C16H9F3N2/c17-16(18,19)9-5-6-12-13(7-9)10-3-1-2-4-11(10)14(8-20)15(12)21/h1-7H,21H2. The van der Waals surface area contributed by atoms with E-state index in [-0.39, 0.29) is 11.3 Å². The summed E-state index contributed by atoms with van der Waals surface area (Å²) in [6.45, 7) is 0. The van der Waals surface area contributed by atoms with Crippen LogP contribution in [0.25, 0.3) is 21.5 Å². The van der Waals surface area contributed by atoms with Gasteiger partial charge in [0, 0.05) is 10.8 Å². The Hall–Kier alpha value is -2.74. The molecule has 3 rings (SSSR count). The van der Waals surface area contributed by atoms with Gasteiger partial charge in [-0.15, -0.1) is 0 Å². The zero-order valence-corrected chi connectivity index (χ0v) is 10.7. The van der Waals surface area contributed by atoms with Crippen molar-refractivity contribution in [2.24, 2.45) is 0 Å². The summed E-state index contributed by atoms with van der Waals surface area (Å²) in [6, 6.07) is 12.2. The monoisotopic (exact) mass is 286 g/mol. The first-order valence-electron chi connectivity index (χ1n) is 6.14. The molecule has 0 radical (unpaired) electrons. The van der Waals surface area contributed by atoms with Crippen LogP contribution < -0.4 is 5.73 Å². The largest absolute Gasteiger partial charge is 0.416 e. The lowest BCUT2D eigenvalue weighted by Gasteiger charge is -2.13. The van der Waals surface area contributed by atoms with Gasteiger partial charge in [0.2, 0.25) is 0 Å². The predicted octanol–water partition coefficient (Wildman–Crippen LogP) is 4.47. The third kappa shape index (κ3) is 1.96. The molecule has 5 heteroatoms. The molecule has 0 heterocycles. The zero-order chi connectivity index (χ0) is 15.2. The van der Waals surface area contributed by atoms with E-state index in [9.17, 15) is 18.4 Å². The number of rotatable bonds is 0. The van der Waals surface area contributed by atoms with Gasteiger partial charge in [-0.3, -0.25) is 0 Å². The summed E-state index contributed by atoms with van der Waals surface area (Å²) in [5, 5.41) is 11.3. The number of anilines is 1. The SMILES string of the molecule is N#Cc1c(N)c2ccc(C(F)(F)F)cc2c2ccccc12. The molecule has 3 aromatic rings. The molecule has 0 saturated heterocycles. The number of halogens is 3. The Morgan fingerprint density at radius 1 is 0.905 bits per heavy atom. The van der Waals surface area contributed by atoms with Crippen LogP contribution in [0.3, 0.4) is 0 Å². The van der Waals surface area contributed by atoms with Crippen molar-refractivity contribution in [1.82, 2.24) is 0 Å². The highest BCUT2D eigenvalue weighted by Crippen LogP contribution is 2.38. The minimum atomic E-state index is -4.42. The van der Waals surface area contributed by atoms with Crippen LogP contribution in [0.1, 0.15) is 11.1 Å². The Morgan fingerprint density at radius 2 is 1.57 bits per heavy atom. The maximum absolute atomic E-state index is 12.9. The van der Waals surface area contributed by atoms with Gasteiger partial charge >= 0.3 is 6.18 Å². The lowest BCUT2D eigenvalue weighted by Crippen LogP contribution is -2.05. The predicted molar refractivity (Wildman–Crippen MR) is 75.6 cm³/mol. The Labute approximate surface area is 118 Å². The molecular formula is C16H9F3N2. The van der Waals surface area contributed by atoms with E-state index in [4.69, 9.17) is 5.73 Å². The Morgan fingerprint density at radius 3 is 2.19 bits per heavy atom. The van der Waals surface area contributed by atoms with Crippen LogP contribution in [0, 0.1) is 11.3 Å². The third-order valence-corrected chi connectivity index (χ3v) is 3.50. The molecule has 0 amide bonds. The van der Waals surface area contributed by atoms with Crippen LogP contribution in [-0.2, 0) is 6.18 Å². The van der Waals surface area contributed by atoms with Gasteiger partial charge in [0.1, 0.15) is 6.07 Å². The van der Waals surface area contributed by atoms with Crippen LogP contribution in [-0.4, -0.2) is 0 Å². The second-order valence-electron chi connectivity index (χ2n) is 4.70. The number of nitrogens with zero attached hydrogens (tertiary/aromatic N) is 1. The minimum absolute atomic E-state index is 0.208. The van der Waals surface area contributed by atoms with Gasteiger partial charge in [-0.2, -0.15) is 18.4 Å². The topological polar surface area (TPSA) is 49.8 Å². The fourth-order valence-corrected chi connectivity index (χ4v) is 2.51. The molecule has 2 nitrogen and oxygen atoms in total. The van der Waals surface area contributed by atoms with Gasteiger partial charge in [-0.25, -0.2) is 0 Å². The average molecular weight is 286 g/mol. The molecule has 0 saturated carbocycles. The fourth-order valence-electron chi connectivity index (χ4n) is 2.51. The van der Waals surface area contributed by atoms with Crippen LogP contribution in [0.5, 0.6) is 0 Å². The Balaban J connectivity index is 2.54. The van der Waals surface area contributed by atoms with E-state index in [1.165, 1.54) is 6.07 Å². The average Bonchev–Trinajstić information content (AvgIpc) is 2.46. The van der Waals surface area contributed by atoms with Crippen molar-refractivity contribution in [3.63, 3.8) is 0 Å². The molecular weight excluding hydrogens is 277 g/mol. The van der Waals surface area contributed by atoms with Crippen molar-refractivity contribution >= 4 is 27.2 Å². The van der Waals surface area contributed by atoms with Gasteiger partial charge in [-0.05, 0) is 22.9 Å². The Bertz CT molecular complexity index is 905. The first kappa shape index (κ1) is 13.3. The minimum Gasteiger partial charge on any atom is -0.397 e. The maximum Gasteiger partial charge on any atom is 0.416 e. The highest BCUT2D eigenvalue weighted by Gasteiger charge is 2.30.